The topological polar surface area (TPSA) is 23.5 Å². The maximum Gasteiger partial charge on any atom is 0.0861 e. The first-order valence-corrected chi connectivity index (χ1v) is 9.38. The van der Waals surface area contributed by atoms with Gasteiger partial charge in [0, 0.05) is 18.5 Å². The highest BCUT2D eigenvalue weighted by atomic mass is 16.3. The number of aliphatic hydroxyl groups is 1. The fourth-order valence-electron chi connectivity index (χ4n) is 4.58. The lowest BCUT2D eigenvalue weighted by Gasteiger charge is -2.36. The van der Waals surface area contributed by atoms with E-state index in [4.69, 9.17) is 0 Å². The first-order chi connectivity index (χ1) is 11.8. The molecule has 3 atom stereocenters. The van der Waals surface area contributed by atoms with Gasteiger partial charge in [-0.2, -0.15) is 0 Å². The Morgan fingerprint density at radius 3 is 2.50 bits per heavy atom. The molecule has 1 fully saturated rings. The minimum Gasteiger partial charge on any atom is -0.388 e. The summed E-state index contributed by atoms with van der Waals surface area (Å²) in [6, 6.07) is 19.8. The zero-order valence-electron chi connectivity index (χ0n) is 14.3. The summed E-state index contributed by atoms with van der Waals surface area (Å²) < 4.78 is 0. The van der Waals surface area contributed by atoms with Crippen LogP contribution in [0.25, 0.3) is 0 Å². The third-order valence-electron chi connectivity index (χ3n) is 5.92. The molecule has 126 valence electrons. The van der Waals surface area contributed by atoms with Crippen molar-refractivity contribution in [2.75, 3.05) is 6.54 Å². The molecule has 2 aliphatic heterocycles. The quantitative estimate of drug-likeness (QED) is 0.826. The standard InChI is InChI=1S/C22H27NO/c24-22-20-12-5-4-10-18(20)16-23-15-7-6-11-19(23)13-14-21(22)17-8-2-1-3-9-17/h1-5,8-10,12,19,21-22,24H,6-7,11,13-16H2/t19-,21-,22-/m1/s1. The van der Waals surface area contributed by atoms with Crippen molar-refractivity contribution in [2.24, 2.45) is 0 Å². The molecule has 24 heavy (non-hydrogen) atoms. The van der Waals surface area contributed by atoms with Crippen molar-refractivity contribution in [1.82, 2.24) is 4.90 Å². The van der Waals surface area contributed by atoms with Gasteiger partial charge in [0.15, 0.2) is 0 Å². The first-order valence-electron chi connectivity index (χ1n) is 9.38. The summed E-state index contributed by atoms with van der Waals surface area (Å²) in [5, 5.41) is 11.2. The number of hydrogen-bond acceptors (Lipinski definition) is 2. The van der Waals surface area contributed by atoms with Crippen molar-refractivity contribution in [3.8, 4) is 0 Å². The van der Waals surface area contributed by atoms with Crippen LogP contribution < -0.4 is 0 Å². The molecule has 2 heteroatoms. The molecule has 0 aliphatic carbocycles. The van der Waals surface area contributed by atoms with Crippen LogP contribution in [-0.2, 0) is 6.54 Å². The Morgan fingerprint density at radius 1 is 0.833 bits per heavy atom. The van der Waals surface area contributed by atoms with Crippen molar-refractivity contribution in [2.45, 2.75) is 56.7 Å². The lowest BCUT2D eigenvalue weighted by Crippen LogP contribution is -2.38. The number of aliphatic hydroxyl groups excluding tert-OH is 1. The van der Waals surface area contributed by atoms with E-state index < -0.39 is 6.10 Å². The second-order valence-electron chi connectivity index (χ2n) is 7.36. The van der Waals surface area contributed by atoms with E-state index in [0.717, 1.165) is 18.5 Å². The van der Waals surface area contributed by atoms with E-state index >= 15 is 0 Å². The second kappa shape index (κ2) is 7.08. The van der Waals surface area contributed by atoms with E-state index in [1.54, 1.807) is 0 Å². The van der Waals surface area contributed by atoms with Gasteiger partial charge in [-0.3, -0.25) is 4.90 Å². The highest BCUT2D eigenvalue weighted by Crippen LogP contribution is 2.39. The van der Waals surface area contributed by atoms with E-state index in [1.165, 1.54) is 43.4 Å². The molecule has 0 spiro atoms. The zero-order chi connectivity index (χ0) is 16.4. The van der Waals surface area contributed by atoms with E-state index in [9.17, 15) is 5.11 Å². The lowest BCUT2D eigenvalue weighted by atomic mass is 9.83. The monoisotopic (exact) mass is 321 g/mol. The van der Waals surface area contributed by atoms with Crippen LogP contribution >= 0.6 is 0 Å². The Hall–Kier alpha value is -1.64. The predicted molar refractivity (Wildman–Crippen MR) is 97.9 cm³/mol. The highest BCUT2D eigenvalue weighted by molar-refractivity contribution is 5.33. The van der Waals surface area contributed by atoms with E-state index in [2.05, 4.69) is 59.5 Å². The van der Waals surface area contributed by atoms with Gasteiger partial charge in [0.2, 0.25) is 0 Å². The maximum atomic E-state index is 11.2. The summed E-state index contributed by atoms with van der Waals surface area (Å²) in [5.41, 5.74) is 3.70. The van der Waals surface area contributed by atoms with Crippen LogP contribution in [0.1, 0.15) is 60.8 Å². The fourth-order valence-corrected chi connectivity index (χ4v) is 4.58. The second-order valence-corrected chi connectivity index (χ2v) is 7.36. The highest BCUT2D eigenvalue weighted by Gasteiger charge is 2.31. The molecule has 0 amide bonds. The number of fused-ring (bicyclic) bond motifs is 2. The molecular weight excluding hydrogens is 294 g/mol. The van der Waals surface area contributed by atoms with Gasteiger partial charge >= 0.3 is 0 Å². The summed E-state index contributed by atoms with van der Waals surface area (Å²) in [7, 11) is 0. The van der Waals surface area contributed by atoms with Crippen LogP contribution in [-0.4, -0.2) is 22.6 Å². The third kappa shape index (κ3) is 3.13. The largest absolute Gasteiger partial charge is 0.388 e. The minimum absolute atomic E-state index is 0.189. The average molecular weight is 321 g/mol. The van der Waals surface area contributed by atoms with Crippen LogP contribution in [0.2, 0.25) is 0 Å². The molecule has 1 saturated heterocycles. The van der Waals surface area contributed by atoms with E-state index in [1.807, 2.05) is 0 Å². The molecule has 2 aromatic carbocycles. The minimum atomic E-state index is -0.412. The molecule has 2 aromatic rings. The lowest BCUT2D eigenvalue weighted by molar-refractivity contribution is 0.119. The van der Waals surface area contributed by atoms with E-state index in [0.29, 0.717) is 6.04 Å². The summed E-state index contributed by atoms with van der Waals surface area (Å²) in [6.45, 7) is 2.19. The summed E-state index contributed by atoms with van der Waals surface area (Å²) >= 11 is 0. The molecule has 2 heterocycles. The van der Waals surface area contributed by atoms with Crippen molar-refractivity contribution in [3.63, 3.8) is 0 Å². The number of benzene rings is 2. The Morgan fingerprint density at radius 2 is 1.62 bits per heavy atom. The zero-order valence-corrected chi connectivity index (χ0v) is 14.3. The molecule has 2 aliphatic rings. The molecular formula is C22H27NO. The van der Waals surface area contributed by atoms with Gasteiger partial charge in [-0.25, -0.2) is 0 Å². The van der Waals surface area contributed by atoms with Crippen molar-refractivity contribution in [3.05, 3.63) is 71.3 Å². The third-order valence-corrected chi connectivity index (χ3v) is 5.92. The van der Waals surface area contributed by atoms with Gasteiger partial charge in [0.25, 0.3) is 0 Å². The van der Waals surface area contributed by atoms with Gasteiger partial charge in [-0.1, -0.05) is 61.0 Å². The number of hydrogen-bond donors (Lipinski definition) is 1. The maximum absolute atomic E-state index is 11.2. The Bertz CT molecular complexity index is 669. The smallest absolute Gasteiger partial charge is 0.0861 e. The van der Waals surface area contributed by atoms with Crippen LogP contribution in [0.5, 0.6) is 0 Å². The first kappa shape index (κ1) is 15.9. The molecule has 0 unspecified atom stereocenters. The molecule has 0 saturated carbocycles. The van der Waals surface area contributed by atoms with Gasteiger partial charge in [0.1, 0.15) is 0 Å². The summed E-state index contributed by atoms with van der Waals surface area (Å²) in [5.74, 6) is 0.189. The van der Waals surface area contributed by atoms with Crippen LogP contribution in [0.3, 0.4) is 0 Å². The Kier molecular flexibility index (Phi) is 4.68. The Balaban J connectivity index is 1.73. The van der Waals surface area contributed by atoms with Crippen molar-refractivity contribution in [1.29, 1.82) is 0 Å². The summed E-state index contributed by atoms with van der Waals surface area (Å²) in [4.78, 5) is 2.66. The molecule has 0 bridgehead atoms. The molecule has 2 nitrogen and oxygen atoms in total. The van der Waals surface area contributed by atoms with Gasteiger partial charge < -0.3 is 5.11 Å². The summed E-state index contributed by atoms with van der Waals surface area (Å²) in [6.07, 6.45) is 5.79. The number of piperidine rings is 1. The SMILES string of the molecule is O[C@@H]1c2ccccc2CN2CCCC[C@@H]2CC[C@@H]1c1ccccc1. The number of nitrogens with zero attached hydrogens (tertiary/aromatic N) is 1. The van der Waals surface area contributed by atoms with Crippen LogP contribution in [0.4, 0.5) is 0 Å². The molecule has 0 aromatic heterocycles. The normalized spacial score (nSPS) is 28.1. The van der Waals surface area contributed by atoms with Crippen LogP contribution in [0, 0.1) is 0 Å². The van der Waals surface area contributed by atoms with Crippen LogP contribution in [0.15, 0.2) is 54.6 Å². The van der Waals surface area contributed by atoms with Crippen molar-refractivity contribution >= 4 is 0 Å². The van der Waals surface area contributed by atoms with Crippen molar-refractivity contribution < 1.29 is 5.11 Å². The average Bonchev–Trinajstić information content (AvgIpc) is 2.69. The van der Waals surface area contributed by atoms with Gasteiger partial charge in [-0.05, 0) is 48.9 Å². The Labute approximate surface area is 145 Å². The number of rotatable bonds is 1. The molecule has 1 N–H and O–H groups in total. The molecule has 4 rings (SSSR count). The molecule has 0 radical (unpaired) electrons. The fraction of sp³-hybridized carbons (Fsp3) is 0.455. The predicted octanol–water partition coefficient (Wildman–Crippen LogP) is 4.65. The van der Waals surface area contributed by atoms with Gasteiger partial charge in [-0.15, -0.1) is 0 Å². The van der Waals surface area contributed by atoms with E-state index in [-0.39, 0.29) is 5.92 Å². The van der Waals surface area contributed by atoms with Gasteiger partial charge in [0.05, 0.1) is 6.10 Å².